The number of ketones is 1. The SMILES string of the molecule is Cc1ccc(C(=O)c2ccc(F)c3ccccc23)cc1. The van der Waals surface area contributed by atoms with Gasteiger partial charge in [-0.2, -0.15) is 0 Å². The smallest absolute Gasteiger partial charge is 0.193 e. The molecule has 3 aromatic carbocycles. The van der Waals surface area contributed by atoms with E-state index < -0.39 is 0 Å². The van der Waals surface area contributed by atoms with Gasteiger partial charge in [0.2, 0.25) is 0 Å². The lowest BCUT2D eigenvalue weighted by atomic mass is 9.96. The van der Waals surface area contributed by atoms with Crippen LogP contribution in [0.2, 0.25) is 0 Å². The minimum Gasteiger partial charge on any atom is -0.289 e. The summed E-state index contributed by atoms with van der Waals surface area (Å²) < 4.78 is 13.8. The van der Waals surface area contributed by atoms with Crippen molar-refractivity contribution in [3.05, 3.63) is 83.2 Å². The second kappa shape index (κ2) is 4.89. The van der Waals surface area contributed by atoms with Crippen LogP contribution in [-0.2, 0) is 0 Å². The molecule has 0 fully saturated rings. The van der Waals surface area contributed by atoms with Crippen LogP contribution < -0.4 is 0 Å². The first-order valence-corrected chi connectivity index (χ1v) is 6.45. The molecule has 0 N–H and O–H groups in total. The lowest BCUT2D eigenvalue weighted by molar-refractivity contribution is 0.104. The van der Waals surface area contributed by atoms with Gasteiger partial charge in [-0.3, -0.25) is 4.79 Å². The number of carbonyl (C=O) groups is 1. The summed E-state index contributed by atoms with van der Waals surface area (Å²) in [4.78, 5) is 12.6. The van der Waals surface area contributed by atoms with Gasteiger partial charge in [-0.15, -0.1) is 0 Å². The van der Waals surface area contributed by atoms with Gasteiger partial charge in [-0.1, -0.05) is 54.1 Å². The second-order valence-corrected chi connectivity index (χ2v) is 4.84. The molecule has 20 heavy (non-hydrogen) atoms. The van der Waals surface area contributed by atoms with Crippen LogP contribution in [0.1, 0.15) is 21.5 Å². The molecule has 0 radical (unpaired) electrons. The van der Waals surface area contributed by atoms with Gasteiger partial charge in [0.1, 0.15) is 5.82 Å². The lowest BCUT2D eigenvalue weighted by Crippen LogP contribution is -2.02. The monoisotopic (exact) mass is 264 g/mol. The predicted octanol–water partition coefficient (Wildman–Crippen LogP) is 4.52. The van der Waals surface area contributed by atoms with Crippen molar-refractivity contribution in [2.24, 2.45) is 0 Å². The molecular weight excluding hydrogens is 251 g/mol. The Hall–Kier alpha value is -2.48. The third kappa shape index (κ3) is 2.10. The number of hydrogen-bond donors (Lipinski definition) is 0. The van der Waals surface area contributed by atoms with E-state index in [0.29, 0.717) is 21.9 Å². The molecule has 0 heterocycles. The summed E-state index contributed by atoms with van der Waals surface area (Å²) in [5.41, 5.74) is 2.25. The van der Waals surface area contributed by atoms with Crippen LogP contribution in [0.25, 0.3) is 10.8 Å². The Morgan fingerprint density at radius 2 is 1.50 bits per heavy atom. The number of aryl methyl sites for hydroxylation is 1. The lowest BCUT2D eigenvalue weighted by Gasteiger charge is -2.07. The number of rotatable bonds is 2. The molecule has 0 aliphatic heterocycles. The van der Waals surface area contributed by atoms with Gasteiger partial charge in [0.25, 0.3) is 0 Å². The van der Waals surface area contributed by atoms with E-state index in [1.165, 1.54) is 6.07 Å². The van der Waals surface area contributed by atoms with Gasteiger partial charge in [0.15, 0.2) is 5.78 Å². The van der Waals surface area contributed by atoms with Crippen molar-refractivity contribution < 1.29 is 9.18 Å². The topological polar surface area (TPSA) is 17.1 Å². The van der Waals surface area contributed by atoms with Gasteiger partial charge in [0.05, 0.1) is 0 Å². The van der Waals surface area contributed by atoms with Gasteiger partial charge in [0, 0.05) is 16.5 Å². The zero-order valence-corrected chi connectivity index (χ0v) is 11.1. The molecule has 0 saturated heterocycles. The Kier molecular flexibility index (Phi) is 3.07. The molecule has 0 atom stereocenters. The predicted molar refractivity (Wildman–Crippen MR) is 78.5 cm³/mol. The molecule has 3 rings (SSSR count). The van der Waals surface area contributed by atoms with Crippen LogP contribution >= 0.6 is 0 Å². The van der Waals surface area contributed by atoms with E-state index in [9.17, 15) is 9.18 Å². The van der Waals surface area contributed by atoms with Crippen molar-refractivity contribution >= 4 is 16.6 Å². The average Bonchev–Trinajstić information content (AvgIpc) is 2.48. The van der Waals surface area contributed by atoms with Gasteiger partial charge in [-0.25, -0.2) is 4.39 Å². The number of hydrogen-bond acceptors (Lipinski definition) is 1. The van der Waals surface area contributed by atoms with Crippen molar-refractivity contribution in [1.82, 2.24) is 0 Å². The third-order valence-corrected chi connectivity index (χ3v) is 3.43. The summed E-state index contributed by atoms with van der Waals surface area (Å²) in [7, 11) is 0. The molecule has 0 amide bonds. The van der Waals surface area contributed by atoms with E-state index in [4.69, 9.17) is 0 Å². The molecule has 0 spiro atoms. The molecular formula is C18H13FO. The van der Waals surface area contributed by atoms with Gasteiger partial charge < -0.3 is 0 Å². The zero-order valence-electron chi connectivity index (χ0n) is 11.1. The summed E-state index contributed by atoms with van der Waals surface area (Å²) in [6.07, 6.45) is 0. The highest BCUT2D eigenvalue weighted by Gasteiger charge is 2.13. The summed E-state index contributed by atoms with van der Waals surface area (Å²) in [5, 5.41) is 1.13. The number of carbonyl (C=O) groups excluding carboxylic acids is 1. The Bertz CT molecular complexity index is 788. The highest BCUT2D eigenvalue weighted by atomic mass is 19.1. The minimum absolute atomic E-state index is 0.0822. The summed E-state index contributed by atoms with van der Waals surface area (Å²) in [5.74, 6) is -0.387. The van der Waals surface area contributed by atoms with E-state index >= 15 is 0 Å². The van der Waals surface area contributed by atoms with E-state index in [-0.39, 0.29) is 11.6 Å². The first kappa shape index (κ1) is 12.5. The maximum atomic E-state index is 13.8. The van der Waals surface area contributed by atoms with Crippen LogP contribution in [0.5, 0.6) is 0 Å². The second-order valence-electron chi connectivity index (χ2n) is 4.84. The fourth-order valence-electron chi connectivity index (χ4n) is 2.32. The van der Waals surface area contributed by atoms with Crippen molar-refractivity contribution in [2.45, 2.75) is 6.92 Å². The quantitative estimate of drug-likeness (QED) is 0.622. The van der Waals surface area contributed by atoms with E-state index in [2.05, 4.69) is 0 Å². The maximum absolute atomic E-state index is 13.8. The molecule has 98 valence electrons. The van der Waals surface area contributed by atoms with Crippen molar-refractivity contribution in [3.8, 4) is 0 Å². The number of halogens is 1. The molecule has 0 saturated carbocycles. The number of benzene rings is 3. The first-order chi connectivity index (χ1) is 9.66. The summed E-state index contributed by atoms with van der Waals surface area (Å²) in [6.45, 7) is 1.97. The molecule has 0 bridgehead atoms. The fraction of sp³-hybridized carbons (Fsp3) is 0.0556. The third-order valence-electron chi connectivity index (χ3n) is 3.43. The largest absolute Gasteiger partial charge is 0.289 e. The maximum Gasteiger partial charge on any atom is 0.193 e. The van der Waals surface area contributed by atoms with Crippen LogP contribution in [0.15, 0.2) is 60.7 Å². The minimum atomic E-state index is -0.305. The van der Waals surface area contributed by atoms with Crippen molar-refractivity contribution in [2.75, 3.05) is 0 Å². The van der Waals surface area contributed by atoms with Gasteiger partial charge in [-0.05, 0) is 24.4 Å². The molecule has 1 nitrogen and oxygen atoms in total. The van der Waals surface area contributed by atoms with Crippen molar-refractivity contribution in [1.29, 1.82) is 0 Å². The zero-order chi connectivity index (χ0) is 14.1. The molecule has 0 unspecified atom stereocenters. The van der Waals surface area contributed by atoms with Crippen LogP contribution in [0.3, 0.4) is 0 Å². The highest BCUT2D eigenvalue weighted by molar-refractivity contribution is 6.16. The Balaban J connectivity index is 2.17. The standard InChI is InChI=1S/C18H13FO/c1-12-6-8-13(9-7-12)18(20)16-10-11-17(19)15-5-3-2-4-14(15)16/h2-11H,1H3. The Morgan fingerprint density at radius 1 is 0.850 bits per heavy atom. The summed E-state index contributed by atoms with van der Waals surface area (Å²) in [6, 6.07) is 17.4. The first-order valence-electron chi connectivity index (χ1n) is 6.45. The van der Waals surface area contributed by atoms with E-state index in [1.54, 1.807) is 36.4 Å². The molecule has 3 aromatic rings. The van der Waals surface area contributed by atoms with Crippen LogP contribution in [0, 0.1) is 12.7 Å². The van der Waals surface area contributed by atoms with E-state index in [1.807, 2.05) is 25.1 Å². The van der Waals surface area contributed by atoms with Crippen molar-refractivity contribution in [3.63, 3.8) is 0 Å². The molecule has 0 aromatic heterocycles. The normalized spacial score (nSPS) is 10.7. The number of fused-ring (bicyclic) bond motifs is 1. The average molecular weight is 264 g/mol. The van der Waals surface area contributed by atoms with Crippen LogP contribution in [0.4, 0.5) is 4.39 Å². The molecule has 2 heteroatoms. The van der Waals surface area contributed by atoms with Gasteiger partial charge >= 0.3 is 0 Å². The Labute approximate surface area is 116 Å². The van der Waals surface area contributed by atoms with Crippen LogP contribution in [-0.4, -0.2) is 5.78 Å². The molecule has 0 aliphatic rings. The summed E-state index contributed by atoms with van der Waals surface area (Å²) >= 11 is 0. The highest BCUT2D eigenvalue weighted by Crippen LogP contribution is 2.24. The Morgan fingerprint density at radius 3 is 2.20 bits per heavy atom. The molecule has 0 aliphatic carbocycles. The van der Waals surface area contributed by atoms with E-state index in [0.717, 1.165) is 5.56 Å². The fourth-order valence-corrected chi connectivity index (χ4v) is 2.32.